The smallest absolute Gasteiger partial charge is 0.0737 e. The molecule has 1 heterocycles. The molecule has 2 rings (SSSR count). The summed E-state index contributed by atoms with van der Waals surface area (Å²) in [5.74, 6) is 0. The topological polar surface area (TPSA) is 52.0 Å². The van der Waals surface area contributed by atoms with Gasteiger partial charge < -0.3 is 11.5 Å². The summed E-state index contributed by atoms with van der Waals surface area (Å²) in [6.45, 7) is 0. The molecule has 0 atom stereocenters. The number of nitrogen functional groups attached to an aromatic ring is 2. The Balaban J connectivity index is 2.53. The Hall–Kier alpha value is -1.48. The van der Waals surface area contributed by atoms with Gasteiger partial charge >= 0.3 is 0 Å². The molecule has 0 fully saturated rings. The van der Waals surface area contributed by atoms with E-state index in [1.54, 1.807) is 11.3 Å². The van der Waals surface area contributed by atoms with Gasteiger partial charge in [-0.25, -0.2) is 0 Å². The summed E-state index contributed by atoms with van der Waals surface area (Å²) < 4.78 is 0. The molecule has 4 N–H and O–H groups in total. The summed E-state index contributed by atoms with van der Waals surface area (Å²) in [5.41, 5.74) is 14.0. The van der Waals surface area contributed by atoms with Gasteiger partial charge in [-0.3, -0.25) is 0 Å². The largest absolute Gasteiger partial charge is 0.396 e. The Morgan fingerprint density at radius 1 is 1.00 bits per heavy atom. The van der Waals surface area contributed by atoms with E-state index in [-0.39, 0.29) is 0 Å². The molecule has 0 aliphatic heterocycles. The van der Waals surface area contributed by atoms with Crippen LogP contribution in [0.15, 0.2) is 35.7 Å². The molecule has 0 spiro atoms. The summed E-state index contributed by atoms with van der Waals surface area (Å²) in [4.78, 5) is 1.05. The third-order valence-electron chi connectivity index (χ3n) is 1.90. The molecule has 0 aliphatic carbocycles. The van der Waals surface area contributed by atoms with Crippen molar-refractivity contribution in [1.82, 2.24) is 0 Å². The van der Waals surface area contributed by atoms with E-state index >= 15 is 0 Å². The number of anilines is 2. The van der Waals surface area contributed by atoms with E-state index in [1.165, 1.54) is 0 Å². The quantitative estimate of drug-likeness (QED) is 0.726. The van der Waals surface area contributed by atoms with Crippen LogP contribution in [-0.2, 0) is 0 Å². The van der Waals surface area contributed by atoms with E-state index in [2.05, 4.69) is 0 Å². The summed E-state index contributed by atoms with van der Waals surface area (Å²) in [6, 6.07) is 10.0. The highest BCUT2D eigenvalue weighted by atomic mass is 32.1. The summed E-state index contributed by atoms with van der Waals surface area (Å²) in [6.07, 6.45) is 0. The van der Waals surface area contributed by atoms with E-state index in [4.69, 9.17) is 11.5 Å². The molecule has 1 aromatic heterocycles. The summed E-state index contributed by atoms with van der Waals surface area (Å²) >= 11 is 1.58. The first-order valence-electron chi connectivity index (χ1n) is 3.97. The van der Waals surface area contributed by atoms with Gasteiger partial charge in [0, 0.05) is 5.38 Å². The fraction of sp³-hybridized carbons (Fsp3) is 0. The van der Waals surface area contributed by atoms with Crippen LogP contribution < -0.4 is 11.5 Å². The zero-order valence-electron chi connectivity index (χ0n) is 7.03. The second kappa shape index (κ2) is 3.11. The van der Waals surface area contributed by atoms with E-state index in [0.29, 0.717) is 11.4 Å². The van der Waals surface area contributed by atoms with E-state index in [0.717, 1.165) is 10.4 Å². The van der Waals surface area contributed by atoms with Gasteiger partial charge in [0.25, 0.3) is 0 Å². The molecule has 13 heavy (non-hydrogen) atoms. The Morgan fingerprint density at radius 3 is 2.23 bits per heavy atom. The molecular formula is C10H10N2S. The van der Waals surface area contributed by atoms with Crippen LogP contribution in [0, 0.1) is 0 Å². The minimum Gasteiger partial charge on any atom is -0.396 e. The minimum atomic E-state index is 0.670. The van der Waals surface area contributed by atoms with Crippen LogP contribution in [-0.4, -0.2) is 0 Å². The number of nitrogens with two attached hydrogens (primary N) is 2. The second-order valence-electron chi connectivity index (χ2n) is 2.80. The number of hydrogen-bond donors (Lipinski definition) is 2. The van der Waals surface area contributed by atoms with Gasteiger partial charge in [0.1, 0.15) is 0 Å². The van der Waals surface area contributed by atoms with Crippen molar-refractivity contribution < 1.29 is 0 Å². The number of thiophene rings is 1. The second-order valence-corrected chi connectivity index (χ2v) is 3.68. The van der Waals surface area contributed by atoms with Gasteiger partial charge in [-0.15, -0.1) is 11.3 Å². The third-order valence-corrected chi connectivity index (χ3v) is 2.96. The normalized spacial score (nSPS) is 10.2. The van der Waals surface area contributed by atoms with Gasteiger partial charge in [0.2, 0.25) is 0 Å². The van der Waals surface area contributed by atoms with Crippen LogP contribution in [0.4, 0.5) is 11.4 Å². The van der Waals surface area contributed by atoms with Crippen molar-refractivity contribution in [3.8, 4) is 10.4 Å². The highest BCUT2D eigenvalue weighted by Gasteiger charge is 2.06. The monoisotopic (exact) mass is 190 g/mol. The van der Waals surface area contributed by atoms with Crippen molar-refractivity contribution in [3.63, 3.8) is 0 Å². The zero-order valence-corrected chi connectivity index (χ0v) is 7.84. The van der Waals surface area contributed by atoms with Crippen molar-refractivity contribution in [2.24, 2.45) is 0 Å². The zero-order chi connectivity index (χ0) is 9.26. The lowest BCUT2D eigenvalue weighted by Gasteiger charge is -1.98. The maximum absolute atomic E-state index is 5.82. The van der Waals surface area contributed by atoms with Crippen molar-refractivity contribution in [1.29, 1.82) is 0 Å². The maximum atomic E-state index is 5.82. The Kier molecular flexibility index (Phi) is 1.94. The molecule has 1 aromatic carbocycles. The van der Waals surface area contributed by atoms with E-state index in [9.17, 15) is 0 Å². The summed E-state index contributed by atoms with van der Waals surface area (Å²) in [7, 11) is 0. The predicted molar refractivity (Wildman–Crippen MR) is 58.6 cm³/mol. The highest BCUT2D eigenvalue weighted by Crippen LogP contribution is 2.36. The lowest BCUT2D eigenvalue weighted by atomic mass is 10.2. The van der Waals surface area contributed by atoms with Gasteiger partial charge in [0.05, 0.1) is 16.3 Å². The highest BCUT2D eigenvalue weighted by molar-refractivity contribution is 7.14. The van der Waals surface area contributed by atoms with Crippen molar-refractivity contribution in [3.05, 3.63) is 35.7 Å². The van der Waals surface area contributed by atoms with Gasteiger partial charge in [-0.2, -0.15) is 0 Å². The molecular weight excluding hydrogens is 180 g/mol. The SMILES string of the molecule is Nc1csc(-c2ccccc2)c1N. The van der Waals surface area contributed by atoms with Gasteiger partial charge in [-0.1, -0.05) is 30.3 Å². The van der Waals surface area contributed by atoms with Crippen LogP contribution in [0.25, 0.3) is 10.4 Å². The van der Waals surface area contributed by atoms with Gasteiger partial charge in [-0.05, 0) is 5.56 Å². The fourth-order valence-corrected chi connectivity index (χ4v) is 2.08. The van der Waals surface area contributed by atoms with Crippen molar-refractivity contribution in [2.75, 3.05) is 11.5 Å². The van der Waals surface area contributed by atoms with Crippen LogP contribution >= 0.6 is 11.3 Å². The van der Waals surface area contributed by atoms with E-state index in [1.807, 2.05) is 35.7 Å². The van der Waals surface area contributed by atoms with Crippen LogP contribution in [0.3, 0.4) is 0 Å². The maximum Gasteiger partial charge on any atom is 0.0737 e. The molecule has 2 nitrogen and oxygen atoms in total. The molecule has 2 aromatic rings. The predicted octanol–water partition coefficient (Wildman–Crippen LogP) is 2.58. The lowest BCUT2D eigenvalue weighted by molar-refractivity contribution is 1.69. The Labute approximate surface area is 80.8 Å². The van der Waals surface area contributed by atoms with Crippen LogP contribution in [0.1, 0.15) is 0 Å². The van der Waals surface area contributed by atoms with E-state index < -0.39 is 0 Å². The average molecular weight is 190 g/mol. The Morgan fingerprint density at radius 2 is 1.69 bits per heavy atom. The molecule has 0 saturated heterocycles. The van der Waals surface area contributed by atoms with Crippen molar-refractivity contribution in [2.45, 2.75) is 0 Å². The minimum absolute atomic E-state index is 0.670. The third kappa shape index (κ3) is 1.38. The number of rotatable bonds is 1. The summed E-state index contributed by atoms with van der Waals surface area (Å²) in [5, 5.41) is 1.87. The lowest BCUT2D eigenvalue weighted by Crippen LogP contribution is -1.90. The Bertz CT molecular complexity index is 406. The average Bonchev–Trinajstić information content (AvgIpc) is 2.49. The standard InChI is InChI=1S/C10H10N2S/c11-8-6-13-10(9(8)12)7-4-2-1-3-5-7/h1-6H,11-12H2. The number of hydrogen-bond acceptors (Lipinski definition) is 3. The molecule has 3 heteroatoms. The molecule has 0 radical (unpaired) electrons. The van der Waals surface area contributed by atoms with Crippen molar-refractivity contribution >= 4 is 22.7 Å². The first-order valence-corrected chi connectivity index (χ1v) is 4.85. The fourth-order valence-electron chi connectivity index (χ4n) is 1.19. The van der Waals surface area contributed by atoms with Gasteiger partial charge in [0.15, 0.2) is 0 Å². The van der Waals surface area contributed by atoms with Crippen LogP contribution in [0.2, 0.25) is 0 Å². The molecule has 0 unspecified atom stereocenters. The first-order chi connectivity index (χ1) is 6.29. The van der Waals surface area contributed by atoms with Crippen LogP contribution in [0.5, 0.6) is 0 Å². The molecule has 0 saturated carbocycles. The molecule has 0 amide bonds. The number of benzene rings is 1. The first kappa shape index (κ1) is 8.13. The molecule has 0 aliphatic rings. The molecule has 0 bridgehead atoms. The molecule has 66 valence electrons.